The summed E-state index contributed by atoms with van der Waals surface area (Å²) in [5.41, 5.74) is 7.09. The molecule has 1 fully saturated rings. The van der Waals surface area contributed by atoms with Gasteiger partial charge in [0, 0.05) is 22.9 Å². The van der Waals surface area contributed by atoms with Crippen molar-refractivity contribution in [3.05, 3.63) is 23.8 Å². The van der Waals surface area contributed by atoms with E-state index in [0.29, 0.717) is 24.0 Å². The van der Waals surface area contributed by atoms with Crippen molar-refractivity contribution in [2.45, 2.75) is 30.8 Å². The van der Waals surface area contributed by atoms with Gasteiger partial charge >= 0.3 is 5.97 Å². The molecule has 1 aromatic carbocycles. The fraction of sp³-hybridized carbons (Fsp3) is 0.500. The Labute approximate surface area is 117 Å². The first-order valence-electron chi connectivity index (χ1n) is 6.51. The Kier molecular flexibility index (Phi) is 5.10. The van der Waals surface area contributed by atoms with Gasteiger partial charge in [-0.2, -0.15) is 0 Å². The molecule has 0 amide bonds. The molecule has 104 valence electrons. The normalized spacial score (nSPS) is 18.5. The molecule has 1 aromatic rings. The van der Waals surface area contributed by atoms with Crippen LogP contribution in [0.5, 0.6) is 0 Å². The Morgan fingerprint density at radius 2 is 2.42 bits per heavy atom. The Balaban J connectivity index is 1.96. The highest BCUT2D eigenvalue weighted by atomic mass is 32.2. The van der Waals surface area contributed by atoms with E-state index in [-0.39, 0.29) is 5.97 Å². The van der Waals surface area contributed by atoms with E-state index in [0.717, 1.165) is 30.1 Å². The highest BCUT2D eigenvalue weighted by Crippen LogP contribution is 2.29. The molecule has 0 radical (unpaired) electrons. The van der Waals surface area contributed by atoms with Crippen LogP contribution < -0.4 is 5.73 Å². The number of carbonyl (C=O) groups is 1. The molecule has 0 aromatic heterocycles. The van der Waals surface area contributed by atoms with Gasteiger partial charge in [0.05, 0.1) is 18.3 Å². The summed E-state index contributed by atoms with van der Waals surface area (Å²) < 4.78 is 10.5. The smallest absolute Gasteiger partial charge is 0.338 e. The summed E-state index contributed by atoms with van der Waals surface area (Å²) in [7, 11) is 0. The van der Waals surface area contributed by atoms with Crippen molar-refractivity contribution in [1.82, 2.24) is 0 Å². The molecule has 4 nitrogen and oxygen atoms in total. The molecule has 19 heavy (non-hydrogen) atoms. The number of hydrogen-bond donors (Lipinski definition) is 1. The lowest BCUT2D eigenvalue weighted by atomic mass is 10.2. The van der Waals surface area contributed by atoms with Crippen LogP contribution in [0.1, 0.15) is 30.1 Å². The third-order valence-corrected chi connectivity index (χ3v) is 4.19. The second-order valence-electron chi connectivity index (χ2n) is 4.42. The topological polar surface area (TPSA) is 61.5 Å². The molecule has 1 aliphatic rings. The zero-order valence-electron chi connectivity index (χ0n) is 11.1. The maximum atomic E-state index is 11.6. The van der Waals surface area contributed by atoms with Gasteiger partial charge in [-0.3, -0.25) is 0 Å². The van der Waals surface area contributed by atoms with E-state index in [1.807, 2.05) is 6.07 Å². The first kappa shape index (κ1) is 14.2. The summed E-state index contributed by atoms with van der Waals surface area (Å²) in [5.74, 6) is 0.577. The van der Waals surface area contributed by atoms with Gasteiger partial charge in [0.25, 0.3) is 0 Å². The van der Waals surface area contributed by atoms with Crippen LogP contribution in [0.3, 0.4) is 0 Å². The average molecular weight is 281 g/mol. The third-order valence-electron chi connectivity index (χ3n) is 2.97. The Bertz CT molecular complexity index is 444. The number of benzene rings is 1. The van der Waals surface area contributed by atoms with Crippen LogP contribution in [0, 0.1) is 0 Å². The van der Waals surface area contributed by atoms with Crippen molar-refractivity contribution in [3.8, 4) is 0 Å². The average Bonchev–Trinajstić information content (AvgIpc) is 2.90. The number of ether oxygens (including phenoxy) is 2. The van der Waals surface area contributed by atoms with Crippen LogP contribution in [0.15, 0.2) is 23.1 Å². The monoisotopic (exact) mass is 281 g/mol. The molecule has 0 aliphatic carbocycles. The van der Waals surface area contributed by atoms with E-state index in [1.165, 1.54) is 0 Å². The highest BCUT2D eigenvalue weighted by molar-refractivity contribution is 7.99. The first-order chi connectivity index (χ1) is 9.20. The molecule has 1 saturated heterocycles. The minimum atomic E-state index is -0.329. The van der Waals surface area contributed by atoms with Crippen molar-refractivity contribution in [2.75, 3.05) is 24.7 Å². The quantitative estimate of drug-likeness (QED) is 0.511. The molecule has 0 spiro atoms. The summed E-state index contributed by atoms with van der Waals surface area (Å²) in [6.45, 7) is 3.02. The number of hydrogen-bond acceptors (Lipinski definition) is 5. The van der Waals surface area contributed by atoms with Gasteiger partial charge in [-0.1, -0.05) is 0 Å². The Morgan fingerprint density at radius 3 is 3.05 bits per heavy atom. The van der Waals surface area contributed by atoms with E-state index in [4.69, 9.17) is 15.2 Å². The van der Waals surface area contributed by atoms with Crippen molar-refractivity contribution < 1.29 is 14.3 Å². The number of nitrogen functional groups attached to an aromatic ring is 1. The lowest BCUT2D eigenvalue weighted by molar-refractivity contribution is 0.0526. The fourth-order valence-corrected chi connectivity index (χ4v) is 3.00. The van der Waals surface area contributed by atoms with Gasteiger partial charge in [-0.05, 0) is 38.0 Å². The summed E-state index contributed by atoms with van der Waals surface area (Å²) in [5, 5.41) is 0. The van der Waals surface area contributed by atoms with Crippen molar-refractivity contribution in [3.63, 3.8) is 0 Å². The van der Waals surface area contributed by atoms with Crippen LogP contribution in [0.4, 0.5) is 5.69 Å². The molecule has 1 heterocycles. The second kappa shape index (κ2) is 6.82. The van der Waals surface area contributed by atoms with Gasteiger partial charge in [0.2, 0.25) is 0 Å². The van der Waals surface area contributed by atoms with Gasteiger partial charge in [-0.25, -0.2) is 4.79 Å². The van der Waals surface area contributed by atoms with Crippen LogP contribution in [-0.4, -0.2) is 31.0 Å². The largest absolute Gasteiger partial charge is 0.462 e. The molecule has 2 N–H and O–H groups in total. The van der Waals surface area contributed by atoms with Gasteiger partial charge in [0.15, 0.2) is 0 Å². The lowest BCUT2D eigenvalue weighted by Gasteiger charge is -2.11. The SMILES string of the molecule is CCOC(=O)c1ccc(SCC2CCCO2)c(N)c1. The van der Waals surface area contributed by atoms with Gasteiger partial charge < -0.3 is 15.2 Å². The predicted molar refractivity (Wildman–Crippen MR) is 76.5 cm³/mol. The minimum Gasteiger partial charge on any atom is -0.462 e. The van der Waals surface area contributed by atoms with Crippen LogP contribution in [0.2, 0.25) is 0 Å². The molecule has 1 unspecified atom stereocenters. The van der Waals surface area contributed by atoms with E-state index in [9.17, 15) is 4.79 Å². The molecule has 1 aliphatic heterocycles. The summed E-state index contributed by atoms with van der Waals surface area (Å²) in [6, 6.07) is 5.31. The molecular formula is C14H19NO3S. The van der Waals surface area contributed by atoms with Crippen LogP contribution >= 0.6 is 11.8 Å². The van der Waals surface area contributed by atoms with E-state index in [1.54, 1.807) is 30.8 Å². The van der Waals surface area contributed by atoms with E-state index < -0.39 is 0 Å². The van der Waals surface area contributed by atoms with Crippen molar-refractivity contribution in [1.29, 1.82) is 0 Å². The maximum Gasteiger partial charge on any atom is 0.338 e. The zero-order valence-corrected chi connectivity index (χ0v) is 11.9. The standard InChI is InChI=1S/C14H19NO3S/c1-2-17-14(16)10-5-6-13(12(15)8-10)19-9-11-4-3-7-18-11/h5-6,8,11H,2-4,7,9,15H2,1H3. The highest BCUT2D eigenvalue weighted by Gasteiger charge is 2.16. The Morgan fingerprint density at radius 1 is 1.58 bits per heavy atom. The summed E-state index contributed by atoms with van der Waals surface area (Å²) >= 11 is 1.68. The number of rotatable bonds is 5. The zero-order chi connectivity index (χ0) is 13.7. The third kappa shape index (κ3) is 3.88. The molecule has 0 saturated carbocycles. The number of nitrogens with two attached hydrogens (primary N) is 1. The summed E-state index contributed by atoms with van der Waals surface area (Å²) in [4.78, 5) is 12.6. The van der Waals surface area contributed by atoms with E-state index in [2.05, 4.69) is 0 Å². The van der Waals surface area contributed by atoms with Crippen molar-refractivity contribution >= 4 is 23.4 Å². The van der Waals surface area contributed by atoms with Gasteiger partial charge in [-0.15, -0.1) is 11.8 Å². The Hall–Kier alpha value is -1.20. The molecule has 2 rings (SSSR count). The van der Waals surface area contributed by atoms with Crippen molar-refractivity contribution in [2.24, 2.45) is 0 Å². The number of esters is 1. The predicted octanol–water partition coefficient (Wildman–Crippen LogP) is 2.72. The van der Waals surface area contributed by atoms with Gasteiger partial charge in [0.1, 0.15) is 0 Å². The number of carbonyl (C=O) groups excluding carboxylic acids is 1. The van der Waals surface area contributed by atoms with E-state index >= 15 is 0 Å². The number of thioether (sulfide) groups is 1. The lowest BCUT2D eigenvalue weighted by Crippen LogP contribution is -2.08. The van der Waals surface area contributed by atoms with Crippen LogP contribution in [0.25, 0.3) is 0 Å². The van der Waals surface area contributed by atoms with Crippen LogP contribution in [-0.2, 0) is 9.47 Å². The molecule has 0 bridgehead atoms. The summed E-state index contributed by atoms with van der Waals surface area (Å²) in [6.07, 6.45) is 2.59. The molecular weight excluding hydrogens is 262 g/mol. The minimum absolute atomic E-state index is 0.328. The second-order valence-corrected chi connectivity index (χ2v) is 5.48. The molecule has 5 heteroatoms. The number of anilines is 1. The molecule has 1 atom stereocenters. The maximum absolute atomic E-state index is 11.6. The first-order valence-corrected chi connectivity index (χ1v) is 7.50. The fourth-order valence-electron chi connectivity index (χ4n) is 1.98.